The number of carboxylic acids is 1. The molecule has 0 atom stereocenters. The van der Waals surface area contributed by atoms with Crippen molar-refractivity contribution in [2.75, 3.05) is 19.6 Å². The SMILES string of the molecule is O=C(O)CNC(=O)/C(C(=O)NC1CCCCC1)=C(\O)NC1CCNCC1. The lowest BCUT2D eigenvalue weighted by molar-refractivity contribution is -0.138. The maximum absolute atomic E-state index is 12.6. The van der Waals surface area contributed by atoms with E-state index in [-0.39, 0.29) is 12.1 Å². The molecular weight excluding hydrogens is 340 g/mol. The van der Waals surface area contributed by atoms with E-state index in [1.165, 1.54) is 0 Å². The molecule has 1 heterocycles. The summed E-state index contributed by atoms with van der Waals surface area (Å²) >= 11 is 0. The number of hydrogen-bond donors (Lipinski definition) is 6. The zero-order chi connectivity index (χ0) is 18.9. The Hall–Kier alpha value is -2.29. The maximum Gasteiger partial charge on any atom is 0.322 e. The van der Waals surface area contributed by atoms with Gasteiger partial charge in [-0.15, -0.1) is 0 Å². The van der Waals surface area contributed by atoms with Crippen LogP contribution in [0.5, 0.6) is 0 Å². The Morgan fingerprint density at radius 1 is 0.846 bits per heavy atom. The van der Waals surface area contributed by atoms with Crippen molar-refractivity contribution < 1.29 is 24.6 Å². The molecule has 0 aromatic rings. The predicted octanol–water partition coefficient (Wildman–Crippen LogP) is -0.253. The summed E-state index contributed by atoms with van der Waals surface area (Å²) < 4.78 is 0. The van der Waals surface area contributed by atoms with Crippen molar-refractivity contribution in [1.29, 1.82) is 0 Å². The Bertz CT molecular complexity index is 551. The second-order valence-corrected chi connectivity index (χ2v) is 6.78. The van der Waals surface area contributed by atoms with Crippen molar-refractivity contribution in [3.05, 3.63) is 11.5 Å². The molecule has 9 nitrogen and oxygen atoms in total. The lowest BCUT2D eigenvalue weighted by Gasteiger charge is -2.26. The van der Waals surface area contributed by atoms with Crippen molar-refractivity contribution in [3.63, 3.8) is 0 Å². The Balaban J connectivity index is 2.10. The number of aliphatic hydroxyl groups is 1. The maximum atomic E-state index is 12.6. The number of aliphatic hydroxyl groups excluding tert-OH is 1. The van der Waals surface area contributed by atoms with E-state index in [4.69, 9.17) is 5.11 Å². The van der Waals surface area contributed by atoms with Gasteiger partial charge < -0.3 is 31.5 Å². The molecule has 1 aliphatic heterocycles. The molecule has 9 heteroatoms. The molecule has 146 valence electrons. The number of nitrogens with one attached hydrogen (secondary N) is 4. The molecule has 0 radical (unpaired) electrons. The van der Waals surface area contributed by atoms with Gasteiger partial charge in [-0.25, -0.2) is 0 Å². The molecule has 1 saturated carbocycles. The zero-order valence-electron chi connectivity index (χ0n) is 14.8. The number of hydrogen-bond acceptors (Lipinski definition) is 6. The Morgan fingerprint density at radius 3 is 2.08 bits per heavy atom. The molecule has 0 aromatic heterocycles. The molecule has 0 aromatic carbocycles. The van der Waals surface area contributed by atoms with Crippen LogP contribution >= 0.6 is 0 Å². The highest BCUT2D eigenvalue weighted by Crippen LogP contribution is 2.18. The number of carbonyl (C=O) groups is 3. The van der Waals surface area contributed by atoms with Crippen molar-refractivity contribution in [2.24, 2.45) is 0 Å². The third-order valence-electron chi connectivity index (χ3n) is 4.71. The van der Waals surface area contributed by atoms with Gasteiger partial charge in [-0.3, -0.25) is 14.4 Å². The van der Waals surface area contributed by atoms with Crippen LogP contribution in [0.4, 0.5) is 0 Å². The molecule has 0 bridgehead atoms. The van der Waals surface area contributed by atoms with E-state index in [1.807, 2.05) is 0 Å². The lowest BCUT2D eigenvalue weighted by atomic mass is 9.95. The first-order valence-electron chi connectivity index (χ1n) is 9.18. The minimum absolute atomic E-state index is 0.0368. The van der Waals surface area contributed by atoms with Crippen LogP contribution in [-0.2, 0) is 14.4 Å². The van der Waals surface area contributed by atoms with Gasteiger partial charge in [0.15, 0.2) is 5.57 Å². The molecule has 2 aliphatic rings. The highest BCUT2D eigenvalue weighted by Gasteiger charge is 2.28. The fourth-order valence-corrected chi connectivity index (χ4v) is 3.30. The first kappa shape index (κ1) is 20.0. The summed E-state index contributed by atoms with van der Waals surface area (Å²) in [5.41, 5.74) is -0.463. The number of carboxylic acid groups (broad SMARTS) is 1. The summed E-state index contributed by atoms with van der Waals surface area (Å²) in [6.07, 6.45) is 6.30. The summed E-state index contributed by atoms with van der Waals surface area (Å²) in [5, 5.41) is 30.1. The van der Waals surface area contributed by atoms with E-state index in [2.05, 4.69) is 21.3 Å². The second kappa shape index (κ2) is 10.0. The molecule has 1 aliphatic carbocycles. The van der Waals surface area contributed by atoms with E-state index < -0.39 is 35.8 Å². The van der Waals surface area contributed by atoms with Crippen LogP contribution in [0.25, 0.3) is 0 Å². The van der Waals surface area contributed by atoms with Crippen molar-refractivity contribution >= 4 is 17.8 Å². The third kappa shape index (κ3) is 6.21. The Kier molecular flexibility index (Phi) is 7.71. The molecule has 0 spiro atoms. The van der Waals surface area contributed by atoms with Crippen molar-refractivity contribution in [2.45, 2.75) is 57.0 Å². The minimum atomic E-state index is -1.23. The fourth-order valence-electron chi connectivity index (χ4n) is 3.30. The standard InChI is InChI=1S/C17H28N4O5/c22-13(23)10-19-15(24)14(16(25)20-11-4-2-1-3-5-11)17(26)21-12-6-8-18-9-7-12/h11-12,18,21,26H,1-10H2,(H,19,24)(H,20,25)(H,22,23)/b17-14+. The number of aliphatic carboxylic acids is 1. The average Bonchev–Trinajstić information content (AvgIpc) is 2.61. The Morgan fingerprint density at radius 2 is 1.46 bits per heavy atom. The van der Waals surface area contributed by atoms with E-state index in [0.29, 0.717) is 0 Å². The van der Waals surface area contributed by atoms with Gasteiger partial charge in [-0.1, -0.05) is 19.3 Å². The van der Waals surface area contributed by atoms with Gasteiger partial charge >= 0.3 is 5.97 Å². The van der Waals surface area contributed by atoms with Gasteiger partial charge in [0.25, 0.3) is 11.8 Å². The van der Waals surface area contributed by atoms with Crippen LogP contribution in [0.15, 0.2) is 11.5 Å². The summed E-state index contributed by atoms with van der Waals surface area (Å²) in [4.78, 5) is 35.6. The predicted molar refractivity (Wildman–Crippen MR) is 94.3 cm³/mol. The molecule has 2 amide bonds. The summed E-state index contributed by atoms with van der Waals surface area (Å²) in [5.74, 6) is -3.32. The molecule has 1 saturated heterocycles. The molecule has 2 rings (SSSR count). The summed E-state index contributed by atoms with van der Waals surface area (Å²) in [7, 11) is 0. The molecule has 6 N–H and O–H groups in total. The minimum Gasteiger partial charge on any atom is -0.494 e. The number of piperidine rings is 1. The van der Waals surface area contributed by atoms with Crippen LogP contribution in [0, 0.1) is 0 Å². The number of rotatable bonds is 7. The van der Waals surface area contributed by atoms with Gasteiger partial charge in [0.05, 0.1) is 0 Å². The average molecular weight is 368 g/mol. The highest BCUT2D eigenvalue weighted by molar-refractivity contribution is 6.19. The van der Waals surface area contributed by atoms with Crippen molar-refractivity contribution in [3.8, 4) is 0 Å². The van der Waals surface area contributed by atoms with E-state index in [9.17, 15) is 19.5 Å². The van der Waals surface area contributed by atoms with Crippen LogP contribution in [0.3, 0.4) is 0 Å². The molecular formula is C17H28N4O5. The van der Waals surface area contributed by atoms with E-state index >= 15 is 0 Å². The first-order valence-corrected chi connectivity index (χ1v) is 9.18. The zero-order valence-corrected chi connectivity index (χ0v) is 14.8. The molecule has 2 fully saturated rings. The monoisotopic (exact) mass is 368 g/mol. The van der Waals surface area contributed by atoms with Crippen LogP contribution in [0.1, 0.15) is 44.9 Å². The topological polar surface area (TPSA) is 140 Å². The van der Waals surface area contributed by atoms with Gasteiger partial charge in [-0.05, 0) is 38.8 Å². The highest BCUT2D eigenvalue weighted by atomic mass is 16.4. The second-order valence-electron chi connectivity index (χ2n) is 6.78. The normalized spacial score (nSPS) is 20.0. The number of carbonyl (C=O) groups excluding carboxylic acids is 2. The van der Waals surface area contributed by atoms with E-state index in [1.54, 1.807) is 0 Å². The quantitative estimate of drug-likeness (QED) is 0.158. The summed E-state index contributed by atoms with van der Waals surface area (Å²) in [6.45, 7) is 0.930. The third-order valence-corrected chi connectivity index (χ3v) is 4.71. The van der Waals surface area contributed by atoms with E-state index in [0.717, 1.165) is 58.0 Å². The fraction of sp³-hybridized carbons (Fsp3) is 0.706. The lowest BCUT2D eigenvalue weighted by Crippen LogP contribution is -2.45. The van der Waals surface area contributed by atoms with Gasteiger partial charge in [0.1, 0.15) is 6.54 Å². The number of amides is 2. The smallest absolute Gasteiger partial charge is 0.322 e. The van der Waals surface area contributed by atoms with Gasteiger partial charge in [-0.2, -0.15) is 0 Å². The van der Waals surface area contributed by atoms with Gasteiger partial charge in [0.2, 0.25) is 5.88 Å². The molecule has 0 unspecified atom stereocenters. The Labute approximate surface area is 152 Å². The van der Waals surface area contributed by atoms with Crippen LogP contribution < -0.4 is 21.3 Å². The summed E-state index contributed by atoms with van der Waals surface area (Å²) in [6, 6.07) is -0.0915. The molecule has 26 heavy (non-hydrogen) atoms. The largest absolute Gasteiger partial charge is 0.494 e. The van der Waals surface area contributed by atoms with Gasteiger partial charge in [0, 0.05) is 12.1 Å². The van der Waals surface area contributed by atoms with Crippen LogP contribution in [-0.4, -0.2) is 59.7 Å². The first-order chi connectivity index (χ1) is 12.5. The van der Waals surface area contributed by atoms with Crippen LogP contribution in [0.2, 0.25) is 0 Å². The van der Waals surface area contributed by atoms with Crippen molar-refractivity contribution in [1.82, 2.24) is 21.3 Å².